The SMILES string of the molecule is O=C1N[C@@]2(CCOc3ccccc32)C(=O)N1CCOc1ccc(Cl)cc1Cl. The van der Waals surface area contributed by atoms with Crippen molar-refractivity contribution >= 4 is 35.1 Å². The third-order valence-corrected chi connectivity index (χ3v) is 5.25. The molecule has 3 amide bonds. The molecule has 0 radical (unpaired) electrons. The number of imide groups is 1. The first-order valence-electron chi connectivity index (χ1n) is 8.45. The number of hydrogen-bond acceptors (Lipinski definition) is 4. The van der Waals surface area contributed by atoms with Crippen molar-refractivity contribution < 1.29 is 19.1 Å². The van der Waals surface area contributed by atoms with Crippen LogP contribution in [0, 0.1) is 0 Å². The van der Waals surface area contributed by atoms with Crippen molar-refractivity contribution in [1.29, 1.82) is 0 Å². The fourth-order valence-electron chi connectivity index (χ4n) is 3.41. The average Bonchev–Trinajstić information content (AvgIpc) is 2.88. The summed E-state index contributed by atoms with van der Waals surface area (Å²) in [6.45, 7) is 0.580. The number of benzene rings is 2. The lowest BCUT2D eigenvalue weighted by molar-refractivity contribution is -0.132. The van der Waals surface area contributed by atoms with E-state index in [9.17, 15) is 9.59 Å². The van der Waals surface area contributed by atoms with Crippen molar-refractivity contribution in [2.24, 2.45) is 0 Å². The number of para-hydroxylation sites is 1. The van der Waals surface area contributed by atoms with E-state index < -0.39 is 11.6 Å². The van der Waals surface area contributed by atoms with Crippen LogP contribution in [0.3, 0.4) is 0 Å². The van der Waals surface area contributed by atoms with Crippen molar-refractivity contribution in [3.8, 4) is 11.5 Å². The molecule has 8 heteroatoms. The highest BCUT2D eigenvalue weighted by molar-refractivity contribution is 6.35. The summed E-state index contributed by atoms with van der Waals surface area (Å²) < 4.78 is 11.2. The van der Waals surface area contributed by atoms with E-state index >= 15 is 0 Å². The highest BCUT2D eigenvalue weighted by Gasteiger charge is 2.54. The first-order valence-corrected chi connectivity index (χ1v) is 9.21. The molecule has 2 aliphatic heterocycles. The molecule has 0 bridgehead atoms. The zero-order valence-electron chi connectivity index (χ0n) is 14.2. The minimum absolute atomic E-state index is 0.106. The van der Waals surface area contributed by atoms with Gasteiger partial charge in [-0.2, -0.15) is 0 Å². The molecular weight excluding hydrogens is 391 g/mol. The number of carbonyl (C=O) groups excluding carboxylic acids is 2. The lowest BCUT2D eigenvalue weighted by Gasteiger charge is -2.33. The third-order valence-electron chi connectivity index (χ3n) is 4.72. The van der Waals surface area contributed by atoms with E-state index in [1.54, 1.807) is 30.3 Å². The van der Waals surface area contributed by atoms with E-state index in [1.165, 1.54) is 4.90 Å². The van der Waals surface area contributed by atoms with Crippen molar-refractivity contribution in [3.63, 3.8) is 0 Å². The Labute approximate surface area is 165 Å². The Bertz CT molecular complexity index is 920. The summed E-state index contributed by atoms with van der Waals surface area (Å²) in [5.74, 6) is 0.761. The second kappa shape index (κ2) is 6.94. The Morgan fingerprint density at radius 1 is 1.19 bits per heavy atom. The predicted octanol–water partition coefficient (Wildman–Crippen LogP) is 3.60. The maximum Gasteiger partial charge on any atom is 0.325 e. The second-order valence-corrected chi connectivity index (χ2v) is 7.15. The van der Waals surface area contributed by atoms with Crippen LogP contribution < -0.4 is 14.8 Å². The second-order valence-electron chi connectivity index (χ2n) is 6.31. The highest BCUT2D eigenvalue weighted by Crippen LogP contribution is 2.40. The third kappa shape index (κ3) is 3.09. The maximum absolute atomic E-state index is 13.1. The number of fused-ring (bicyclic) bond motifs is 2. The molecule has 4 rings (SSSR count). The maximum atomic E-state index is 13.1. The van der Waals surface area contributed by atoms with Gasteiger partial charge in [-0.25, -0.2) is 4.79 Å². The Morgan fingerprint density at radius 3 is 2.81 bits per heavy atom. The molecule has 1 fully saturated rings. The molecule has 0 aromatic heterocycles. The lowest BCUT2D eigenvalue weighted by Crippen LogP contribution is -2.47. The molecule has 1 N–H and O–H groups in total. The van der Waals surface area contributed by atoms with E-state index in [4.69, 9.17) is 32.7 Å². The van der Waals surface area contributed by atoms with E-state index in [0.717, 1.165) is 0 Å². The molecule has 0 saturated carbocycles. The monoisotopic (exact) mass is 406 g/mol. The van der Waals surface area contributed by atoms with Gasteiger partial charge in [-0.1, -0.05) is 41.4 Å². The number of nitrogens with zero attached hydrogens (tertiary/aromatic N) is 1. The van der Waals surface area contributed by atoms with Gasteiger partial charge in [0, 0.05) is 17.0 Å². The quantitative estimate of drug-likeness (QED) is 0.787. The van der Waals surface area contributed by atoms with E-state index in [0.29, 0.717) is 40.1 Å². The predicted molar refractivity (Wildman–Crippen MR) is 100 cm³/mol. The number of carbonyl (C=O) groups is 2. The van der Waals surface area contributed by atoms with E-state index in [2.05, 4.69) is 5.32 Å². The van der Waals surface area contributed by atoms with Crippen LogP contribution in [0.25, 0.3) is 0 Å². The molecule has 0 aliphatic carbocycles. The molecule has 1 saturated heterocycles. The van der Waals surface area contributed by atoms with Crippen molar-refractivity contribution in [2.75, 3.05) is 19.8 Å². The van der Waals surface area contributed by atoms with Crippen LogP contribution in [0.4, 0.5) is 4.79 Å². The Kier molecular flexibility index (Phi) is 4.61. The van der Waals surface area contributed by atoms with Crippen LogP contribution in [0.1, 0.15) is 12.0 Å². The first-order chi connectivity index (χ1) is 13.0. The van der Waals surface area contributed by atoms with Gasteiger partial charge in [-0.05, 0) is 24.3 Å². The highest BCUT2D eigenvalue weighted by atomic mass is 35.5. The summed E-state index contributed by atoms with van der Waals surface area (Å²) in [5.41, 5.74) is -0.400. The molecule has 2 aromatic rings. The zero-order chi connectivity index (χ0) is 19.0. The van der Waals surface area contributed by atoms with Gasteiger partial charge < -0.3 is 14.8 Å². The molecule has 1 spiro atoms. The van der Waals surface area contributed by atoms with Crippen LogP contribution in [-0.2, 0) is 10.3 Å². The summed E-state index contributed by atoms with van der Waals surface area (Å²) in [6.07, 6.45) is 0.384. The van der Waals surface area contributed by atoms with Gasteiger partial charge in [0.15, 0.2) is 5.54 Å². The van der Waals surface area contributed by atoms with Crippen molar-refractivity contribution in [1.82, 2.24) is 10.2 Å². The summed E-state index contributed by atoms with van der Waals surface area (Å²) in [7, 11) is 0. The number of nitrogens with one attached hydrogen (secondary N) is 1. The number of halogens is 2. The molecule has 2 aliphatic rings. The van der Waals surface area contributed by atoms with Crippen LogP contribution in [-0.4, -0.2) is 36.6 Å². The van der Waals surface area contributed by atoms with Crippen LogP contribution in [0.5, 0.6) is 11.5 Å². The van der Waals surface area contributed by atoms with Gasteiger partial charge >= 0.3 is 6.03 Å². The molecule has 1 atom stereocenters. The minimum atomic E-state index is -1.08. The minimum Gasteiger partial charge on any atom is -0.493 e. The van der Waals surface area contributed by atoms with Gasteiger partial charge in [-0.3, -0.25) is 9.69 Å². The largest absolute Gasteiger partial charge is 0.493 e. The fourth-order valence-corrected chi connectivity index (χ4v) is 3.88. The Balaban J connectivity index is 1.49. The van der Waals surface area contributed by atoms with Gasteiger partial charge in [0.2, 0.25) is 0 Å². The molecule has 6 nitrogen and oxygen atoms in total. The summed E-state index contributed by atoms with van der Waals surface area (Å²) in [5, 5.41) is 3.72. The van der Waals surface area contributed by atoms with Gasteiger partial charge in [0.1, 0.15) is 18.1 Å². The zero-order valence-corrected chi connectivity index (χ0v) is 15.7. The first kappa shape index (κ1) is 17.9. The molecule has 0 unspecified atom stereocenters. The molecular formula is C19H16Cl2N2O4. The standard InChI is InChI=1S/C19H16Cl2N2O4/c20-12-5-6-16(14(21)11-12)27-10-8-23-17(24)19(22-18(23)25)7-9-26-15-4-2-1-3-13(15)19/h1-6,11H,7-10H2,(H,22,25)/t19-/m1/s1. The number of amides is 3. The number of ether oxygens (including phenoxy) is 2. The summed E-state index contributed by atoms with van der Waals surface area (Å²) in [4.78, 5) is 26.7. The van der Waals surface area contributed by atoms with Crippen LogP contribution >= 0.6 is 23.2 Å². The number of rotatable bonds is 4. The fraction of sp³-hybridized carbons (Fsp3) is 0.263. The van der Waals surface area contributed by atoms with Crippen molar-refractivity contribution in [2.45, 2.75) is 12.0 Å². The molecule has 2 aromatic carbocycles. The van der Waals surface area contributed by atoms with Crippen LogP contribution in [0.15, 0.2) is 42.5 Å². The van der Waals surface area contributed by atoms with E-state index in [1.807, 2.05) is 12.1 Å². The normalized spacial score (nSPS) is 21.0. The smallest absolute Gasteiger partial charge is 0.325 e. The van der Waals surface area contributed by atoms with Gasteiger partial charge in [0.25, 0.3) is 5.91 Å². The van der Waals surface area contributed by atoms with Gasteiger partial charge in [-0.15, -0.1) is 0 Å². The molecule has 27 heavy (non-hydrogen) atoms. The molecule has 2 heterocycles. The topological polar surface area (TPSA) is 67.9 Å². The van der Waals surface area contributed by atoms with Crippen LogP contribution in [0.2, 0.25) is 10.0 Å². The van der Waals surface area contributed by atoms with E-state index in [-0.39, 0.29) is 19.1 Å². The average molecular weight is 407 g/mol. The van der Waals surface area contributed by atoms with Gasteiger partial charge in [0.05, 0.1) is 18.2 Å². The lowest BCUT2D eigenvalue weighted by atomic mass is 9.84. The number of hydrogen-bond donors (Lipinski definition) is 1. The molecule has 140 valence electrons. The summed E-state index contributed by atoms with van der Waals surface area (Å²) in [6, 6.07) is 11.7. The Morgan fingerprint density at radius 2 is 2.00 bits per heavy atom. The summed E-state index contributed by atoms with van der Waals surface area (Å²) >= 11 is 11.9. The Hall–Kier alpha value is -2.44. The van der Waals surface area contributed by atoms with Crippen molar-refractivity contribution in [3.05, 3.63) is 58.1 Å². The number of urea groups is 1.